The first-order valence-corrected chi connectivity index (χ1v) is 10.4. The van der Waals surface area contributed by atoms with Crippen molar-refractivity contribution in [3.8, 4) is 0 Å². The summed E-state index contributed by atoms with van der Waals surface area (Å²) in [6.07, 6.45) is 14.8. The number of carbonyl (C=O) groups excluding carboxylic acids is 4. The van der Waals surface area contributed by atoms with Crippen LogP contribution in [0.15, 0.2) is 24.3 Å². The summed E-state index contributed by atoms with van der Waals surface area (Å²) in [6.45, 7) is 3.50. The number of amides is 2. The Balaban J connectivity index is -0.000000490. The van der Waals surface area contributed by atoms with Gasteiger partial charge in [-0.15, -0.1) is 0 Å². The second-order valence-electron chi connectivity index (χ2n) is 6.93. The van der Waals surface area contributed by atoms with Crippen molar-refractivity contribution < 1.29 is 29.4 Å². The van der Waals surface area contributed by atoms with Crippen LogP contribution in [0.1, 0.15) is 65.2 Å². The molecule has 2 amide bonds. The van der Waals surface area contributed by atoms with Crippen LogP contribution in [0.5, 0.6) is 0 Å². The van der Waals surface area contributed by atoms with Crippen LogP contribution in [-0.2, 0) is 19.2 Å². The van der Waals surface area contributed by atoms with Gasteiger partial charge in [-0.2, -0.15) is 0 Å². The molecule has 0 rings (SSSR count). The molecule has 0 aromatic rings. The maximum atomic E-state index is 11.3. The van der Waals surface area contributed by atoms with Gasteiger partial charge in [0.25, 0.3) is 0 Å². The van der Waals surface area contributed by atoms with Crippen LogP contribution < -0.4 is 10.2 Å². The Kier molecular flexibility index (Phi) is 25.7. The first-order valence-electron chi connectivity index (χ1n) is 10.4. The average molecular weight is 465 g/mol. The van der Waals surface area contributed by atoms with Crippen molar-refractivity contribution in [2.75, 3.05) is 27.2 Å². The number of allylic oxidation sites excluding steroid dienone is 2. The molecule has 0 saturated carbocycles. The van der Waals surface area contributed by atoms with Gasteiger partial charge in [0.2, 0.25) is 11.8 Å². The van der Waals surface area contributed by atoms with Gasteiger partial charge in [0.1, 0.15) is 0 Å². The molecule has 0 heterocycles. The maximum Gasteiger partial charge on any atom is 2.00 e. The number of unbranched alkanes of at least 4 members (excludes halogenated alkanes) is 6. The van der Waals surface area contributed by atoms with E-state index in [1.807, 2.05) is 0 Å². The Bertz CT molecular complexity index is 528. The number of hydrogen-bond donors (Lipinski definition) is 0. The van der Waals surface area contributed by atoms with Crippen LogP contribution >= 0.6 is 0 Å². The van der Waals surface area contributed by atoms with Crippen LogP contribution in [0, 0.1) is 0 Å². The molecule has 31 heavy (non-hydrogen) atoms. The van der Waals surface area contributed by atoms with Crippen LogP contribution in [-0.4, -0.2) is 98.5 Å². The van der Waals surface area contributed by atoms with Crippen molar-refractivity contribution >= 4 is 61.5 Å². The van der Waals surface area contributed by atoms with Gasteiger partial charge < -0.3 is 29.6 Å². The van der Waals surface area contributed by atoms with Gasteiger partial charge in [0.05, 0.1) is 25.0 Å². The Morgan fingerprint density at radius 2 is 1.00 bits per heavy atom. The average Bonchev–Trinajstić information content (AvgIpc) is 2.66. The van der Waals surface area contributed by atoms with Gasteiger partial charge in [-0.05, 0) is 37.8 Å². The molecule has 0 unspecified atom stereocenters. The Hall–Kier alpha value is -1.38. The monoisotopic (exact) mass is 464 g/mol. The minimum Gasteiger partial charge on any atom is -0.548 e. The Morgan fingerprint density at radius 1 is 0.677 bits per heavy atom. The van der Waals surface area contributed by atoms with Crippen molar-refractivity contribution in [2.24, 2.45) is 0 Å². The van der Waals surface area contributed by atoms with Crippen LogP contribution in [0.25, 0.3) is 0 Å². The quantitative estimate of drug-likeness (QED) is 0.207. The third kappa shape index (κ3) is 24.8. The molecule has 0 aliphatic heterocycles. The van der Waals surface area contributed by atoms with Crippen LogP contribution in [0.4, 0.5) is 0 Å². The number of rotatable bonds is 14. The molecule has 0 bridgehead atoms. The van der Waals surface area contributed by atoms with Crippen molar-refractivity contribution in [3.63, 3.8) is 0 Å². The largest absolute Gasteiger partial charge is 2.00 e. The molecule has 0 atom stereocenters. The summed E-state index contributed by atoms with van der Waals surface area (Å²) in [5.74, 6) is -3.08. The zero-order chi connectivity index (χ0) is 23.4. The van der Waals surface area contributed by atoms with E-state index in [2.05, 4.69) is 13.8 Å². The molecule has 172 valence electrons. The number of hydrogen-bond acceptors (Lipinski definition) is 6. The van der Waals surface area contributed by atoms with E-state index < -0.39 is 11.9 Å². The standard InChI is InChI=1S/2C11H19NO3.Ca/c2*1-3-4-5-6-7-8-10(13)12(2)9-11(14)15;/h2*7-8H,3-6,9H2,1-2H3,(H,14,15);/q;;+2/p-2/b2*8-7+;. The fourth-order valence-corrected chi connectivity index (χ4v) is 2.19. The smallest absolute Gasteiger partial charge is 0.548 e. The molecule has 9 heteroatoms. The van der Waals surface area contributed by atoms with Crippen molar-refractivity contribution in [1.29, 1.82) is 0 Å². The molecule has 0 saturated heterocycles. The summed E-state index contributed by atoms with van der Waals surface area (Å²) in [4.78, 5) is 45.2. The first kappa shape index (κ1) is 34.2. The van der Waals surface area contributed by atoms with Gasteiger partial charge in [-0.3, -0.25) is 9.59 Å². The zero-order valence-corrected chi connectivity index (χ0v) is 21.6. The number of carbonyl (C=O) groups is 4. The third-order valence-electron chi connectivity index (χ3n) is 3.95. The summed E-state index contributed by atoms with van der Waals surface area (Å²) in [5.41, 5.74) is 0. The number of carboxylic acid groups (broad SMARTS) is 2. The molecule has 0 N–H and O–H groups in total. The summed E-state index contributed by atoms with van der Waals surface area (Å²) in [6, 6.07) is 0. The van der Waals surface area contributed by atoms with E-state index in [0.29, 0.717) is 0 Å². The zero-order valence-electron chi connectivity index (χ0n) is 19.4. The number of carboxylic acids is 2. The SMILES string of the molecule is CCCCC/C=C/C(=O)N(C)CC(=O)[O-].CCCCC/C=C/C(=O)N(C)CC(=O)[O-].[Ca+2]. The van der Waals surface area contributed by atoms with E-state index in [1.165, 1.54) is 26.2 Å². The van der Waals surface area contributed by atoms with Crippen LogP contribution in [0.2, 0.25) is 0 Å². The fourth-order valence-electron chi connectivity index (χ4n) is 2.19. The number of nitrogens with zero attached hydrogens (tertiary/aromatic N) is 2. The van der Waals surface area contributed by atoms with Crippen LogP contribution in [0.3, 0.4) is 0 Å². The summed E-state index contributed by atoms with van der Waals surface area (Å²) >= 11 is 0. The molecule has 0 aromatic carbocycles. The summed E-state index contributed by atoms with van der Waals surface area (Å²) in [5, 5.41) is 20.4. The van der Waals surface area contributed by atoms with Gasteiger partial charge in [-0.1, -0.05) is 51.7 Å². The number of aliphatic carboxylic acids is 2. The number of likely N-dealkylation sites (N-methyl/N-ethyl adjacent to an activating group) is 2. The second kappa shape index (κ2) is 23.3. The first-order chi connectivity index (χ1) is 14.1. The van der Waals surface area contributed by atoms with Gasteiger partial charge in [0, 0.05) is 14.1 Å². The molecule has 0 fully saturated rings. The fraction of sp³-hybridized carbons (Fsp3) is 0.636. The van der Waals surface area contributed by atoms with Gasteiger partial charge in [0.15, 0.2) is 0 Å². The normalized spacial score (nSPS) is 10.2. The van der Waals surface area contributed by atoms with E-state index in [-0.39, 0.29) is 62.6 Å². The molecule has 8 nitrogen and oxygen atoms in total. The minimum atomic E-state index is -1.25. The third-order valence-corrected chi connectivity index (χ3v) is 3.95. The predicted molar refractivity (Wildman–Crippen MR) is 118 cm³/mol. The van der Waals surface area contributed by atoms with E-state index in [1.54, 1.807) is 12.2 Å². The van der Waals surface area contributed by atoms with Crippen molar-refractivity contribution in [3.05, 3.63) is 24.3 Å². The van der Waals surface area contributed by atoms with E-state index in [0.717, 1.165) is 61.2 Å². The summed E-state index contributed by atoms with van der Waals surface area (Å²) < 4.78 is 0. The van der Waals surface area contributed by atoms with E-state index in [4.69, 9.17) is 0 Å². The second-order valence-corrected chi connectivity index (χ2v) is 6.93. The van der Waals surface area contributed by atoms with E-state index in [9.17, 15) is 29.4 Å². The molecule has 0 aromatic heterocycles. The predicted octanol–water partition coefficient (Wildman–Crippen LogP) is 0.282. The molecule has 0 aliphatic rings. The molecular weight excluding hydrogens is 428 g/mol. The molecular formula is C22H36CaN2O6. The molecule has 0 aliphatic carbocycles. The minimum absolute atomic E-state index is 0. The Morgan fingerprint density at radius 3 is 1.26 bits per heavy atom. The topological polar surface area (TPSA) is 121 Å². The van der Waals surface area contributed by atoms with Gasteiger partial charge >= 0.3 is 37.7 Å². The molecule has 0 spiro atoms. The molecule has 0 radical (unpaired) electrons. The van der Waals surface area contributed by atoms with Crippen molar-refractivity contribution in [2.45, 2.75) is 65.2 Å². The maximum absolute atomic E-state index is 11.3. The van der Waals surface area contributed by atoms with E-state index >= 15 is 0 Å². The van der Waals surface area contributed by atoms with Gasteiger partial charge in [-0.25, -0.2) is 0 Å². The van der Waals surface area contributed by atoms with Crippen molar-refractivity contribution in [1.82, 2.24) is 9.80 Å². The summed E-state index contributed by atoms with van der Waals surface area (Å²) in [7, 11) is 2.88. The Labute approximate surface area is 216 Å².